The maximum Gasteiger partial charge on any atom is 0.394 e. The lowest BCUT2D eigenvalue weighted by Gasteiger charge is -2.36. The molecule has 0 heterocycles. The molecule has 3 rings (SSSR count). The number of ether oxygens (including phenoxy) is 1. The van der Waals surface area contributed by atoms with Crippen LogP contribution in [0.2, 0.25) is 0 Å². The third-order valence-electron chi connectivity index (χ3n) is 6.69. The van der Waals surface area contributed by atoms with Crippen LogP contribution in [-0.4, -0.2) is 19.2 Å². The number of carbonyl (C=O) groups excluding carboxylic acids is 2. The van der Waals surface area contributed by atoms with Gasteiger partial charge in [0.2, 0.25) is 0 Å². The quantitative estimate of drug-likeness (QED) is 0.270. The minimum absolute atomic E-state index is 0.143. The Kier molecular flexibility index (Phi) is 14.3. The van der Waals surface area contributed by atoms with Gasteiger partial charge in [-0.1, -0.05) is 52.3 Å². The Bertz CT molecular complexity index is 1010. The van der Waals surface area contributed by atoms with Gasteiger partial charge in [-0.2, -0.15) is 8.78 Å². The molecule has 0 amide bonds. The number of carbonyl (C=O) groups is 2. The second kappa shape index (κ2) is 16.6. The number of hydrogen-bond acceptors (Lipinski definition) is 5. The Morgan fingerprint density at radius 2 is 1.84 bits per heavy atom. The molecule has 3 unspecified atom stereocenters. The minimum Gasteiger partial charge on any atom is -0.433 e. The number of anilines is 2. The van der Waals surface area contributed by atoms with Crippen molar-refractivity contribution in [3.8, 4) is 5.75 Å². The van der Waals surface area contributed by atoms with Gasteiger partial charge in [0.1, 0.15) is 18.8 Å². The fourth-order valence-electron chi connectivity index (χ4n) is 4.44. The summed E-state index contributed by atoms with van der Waals surface area (Å²) in [6.07, 6.45) is 3.46. The van der Waals surface area contributed by atoms with Crippen LogP contribution in [-0.2, 0) is 22.6 Å². The van der Waals surface area contributed by atoms with Crippen LogP contribution in [0.15, 0.2) is 54.7 Å². The summed E-state index contributed by atoms with van der Waals surface area (Å²) < 4.78 is 31.0. The third-order valence-corrected chi connectivity index (χ3v) is 6.69. The van der Waals surface area contributed by atoms with E-state index in [1.807, 2.05) is 12.9 Å². The van der Waals surface area contributed by atoms with Gasteiger partial charge < -0.3 is 25.0 Å². The van der Waals surface area contributed by atoms with Crippen molar-refractivity contribution in [3.05, 3.63) is 65.9 Å². The smallest absolute Gasteiger partial charge is 0.394 e. The van der Waals surface area contributed by atoms with E-state index >= 15 is 0 Å². The molecule has 0 aliphatic heterocycles. The van der Waals surface area contributed by atoms with Gasteiger partial charge in [-0.05, 0) is 79.3 Å². The highest BCUT2D eigenvalue weighted by molar-refractivity contribution is 5.54. The van der Waals surface area contributed by atoms with Crippen molar-refractivity contribution in [3.63, 3.8) is 0 Å². The Balaban J connectivity index is 0.00000135. The first kappa shape index (κ1) is 32.8. The summed E-state index contributed by atoms with van der Waals surface area (Å²) in [7, 11) is 0. The first-order chi connectivity index (χ1) is 18.1. The Morgan fingerprint density at radius 1 is 1.16 bits per heavy atom. The summed E-state index contributed by atoms with van der Waals surface area (Å²) in [5.74, 6) is 2.26. The third kappa shape index (κ3) is 11.4. The van der Waals surface area contributed by atoms with E-state index in [1.54, 1.807) is 12.1 Å². The molecular weight excluding hydrogens is 486 g/mol. The predicted octanol–water partition coefficient (Wildman–Crippen LogP) is 8.26. The van der Waals surface area contributed by atoms with Crippen LogP contribution in [0.3, 0.4) is 0 Å². The lowest BCUT2D eigenvalue weighted by molar-refractivity contribution is -0.158. The van der Waals surface area contributed by atoms with Crippen molar-refractivity contribution in [2.24, 2.45) is 17.8 Å². The molecule has 2 aromatic carbocycles. The van der Waals surface area contributed by atoms with Gasteiger partial charge in [-0.25, -0.2) is 0 Å². The molecule has 1 aliphatic rings. The van der Waals surface area contributed by atoms with E-state index in [0.29, 0.717) is 12.5 Å². The van der Waals surface area contributed by atoms with Crippen LogP contribution < -0.4 is 15.4 Å². The van der Waals surface area contributed by atoms with Gasteiger partial charge in [0.25, 0.3) is 0 Å². The Morgan fingerprint density at radius 3 is 2.39 bits per heavy atom. The topological polar surface area (TPSA) is 67.4 Å². The average molecular weight is 531 g/mol. The number of hydrogen-bond donors (Lipinski definition) is 2. The maximum absolute atomic E-state index is 13.2. The second-order valence-corrected chi connectivity index (χ2v) is 9.86. The van der Waals surface area contributed by atoms with Gasteiger partial charge >= 0.3 is 6.11 Å². The fourth-order valence-corrected chi connectivity index (χ4v) is 4.44. The van der Waals surface area contributed by atoms with Crippen molar-refractivity contribution in [2.75, 3.05) is 10.6 Å². The van der Waals surface area contributed by atoms with Crippen LogP contribution in [0.4, 0.5) is 20.2 Å². The van der Waals surface area contributed by atoms with Gasteiger partial charge in [0.05, 0.1) is 0 Å². The molecule has 210 valence electrons. The van der Waals surface area contributed by atoms with E-state index < -0.39 is 6.11 Å². The molecule has 7 heteroatoms. The van der Waals surface area contributed by atoms with E-state index in [9.17, 15) is 8.78 Å². The Hall–Kier alpha value is -3.22. The van der Waals surface area contributed by atoms with Crippen molar-refractivity contribution >= 4 is 24.5 Å². The molecule has 0 saturated heterocycles. The molecule has 1 fully saturated rings. The summed E-state index contributed by atoms with van der Waals surface area (Å²) in [5.41, 5.74) is 5.36. The number of benzene rings is 2. The number of nitrogens with one attached hydrogen (secondary N) is 2. The summed E-state index contributed by atoms with van der Waals surface area (Å²) in [6.45, 7) is 15.9. The van der Waals surface area contributed by atoms with Gasteiger partial charge in [-0.3, -0.25) is 0 Å². The summed E-state index contributed by atoms with van der Waals surface area (Å²) >= 11 is 0. The van der Waals surface area contributed by atoms with Crippen LogP contribution in [0.5, 0.6) is 5.75 Å². The maximum atomic E-state index is 13.2. The number of alkyl halides is 2. The first-order valence-corrected chi connectivity index (χ1v) is 13.2. The highest BCUT2D eigenvalue weighted by atomic mass is 19.3. The number of rotatable bonds is 12. The van der Waals surface area contributed by atoms with E-state index in [-0.39, 0.29) is 5.75 Å². The van der Waals surface area contributed by atoms with Gasteiger partial charge in [-0.15, -0.1) is 0 Å². The molecule has 0 bridgehead atoms. The molecule has 2 aromatic rings. The van der Waals surface area contributed by atoms with Gasteiger partial charge in [0.15, 0.2) is 0 Å². The van der Waals surface area contributed by atoms with E-state index in [0.717, 1.165) is 55.0 Å². The zero-order valence-corrected chi connectivity index (χ0v) is 23.5. The van der Waals surface area contributed by atoms with E-state index in [2.05, 4.69) is 60.9 Å². The van der Waals surface area contributed by atoms with E-state index in [4.69, 9.17) is 9.59 Å². The fraction of sp³-hybridized carbons (Fsp3) is 0.484. The summed E-state index contributed by atoms with van der Waals surface area (Å²) in [6, 6.07) is 13.1. The number of aldehydes is 1. The lowest BCUT2D eigenvalue weighted by atomic mass is 9.70. The van der Waals surface area contributed by atoms with Crippen molar-refractivity contribution < 1.29 is 23.1 Å². The molecule has 38 heavy (non-hydrogen) atoms. The lowest BCUT2D eigenvalue weighted by Crippen LogP contribution is -2.26. The van der Waals surface area contributed by atoms with Crippen molar-refractivity contribution in [1.82, 2.24) is 0 Å². The van der Waals surface area contributed by atoms with Crippen molar-refractivity contribution in [2.45, 2.75) is 79.4 Å². The normalized spacial score (nSPS) is 16.8. The predicted molar refractivity (Wildman–Crippen MR) is 153 cm³/mol. The molecule has 1 aliphatic carbocycles. The standard InChI is InChI=1S/C28H38F2N2O.C2H4O.CH2O/c1-6-8-23-16-26(32-21(4)20(3)15-22-12-11-19(22)2)14-13-24(23)18-31-25-9-7-10-27(17-25)33-28(5,29)30;1-2-3;1-2/h7,9-10,13-14,16-17,19-20,22,31-32H,4,6,8,11-12,15,18H2,1-3,5H3;2H,1H3;1H2. The molecule has 0 spiro atoms. The highest BCUT2D eigenvalue weighted by Crippen LogP contribution is 2.39. The van der Waals surface area contributed by atoms with Crippen LogP contribution in [0.1, 0.15) is 71.4 Å². The second-order valence-electron chi connectivity index (χ2n) is 9.86. The number of allylic oxidation sites excluding steroid dienone is 1. The molecule has 1 saturated carbocycles. The SMILES string of the molecule is C=C(Nc1ccc(CNc2cccc(OC(C)(F)F)c2)c(CCC)c1)C(C)CC1CCC1C.C=O.CC=O. The first-order valence-electron chi connectivity index (χ1n) is 13.2. The van der Waals surface area contributed by atoms with E-state index in [1.165, 1.54) is 43.4 Å². The summed E-state index contributed by atoms with van der Waals surface area (Å²) in [4.78, 5) is 16.8. The monoisotopic (exact) mass is 530 g/mol. The largest absolute Gasteiger partial charge is 0.433 e. The number of halogens is 2. The molecule has 0 radical (unpaired) electrons. The van der Waals surface area contributed by atoms with Crippen LogP contribution in [0, 0.1) is 17.8 Å². The highest BCUT2D eigenvalue weighted by Gasteiger charge is 2.28. The molecule has 2 N–H and O–H groups in total. The molecular formula is C31H44F2N2O3. The zero-order valence-electron chi connectivity index (χ0n) is 23.5. The Labute approximate surface area is 227 Å². The zero-order chi connectivity index (χ0) is 28.7. The van der Waals surface area contributed by atoms with Crippen LogP contribution >= 0.6 is 0 Å². The van der Waals surface area contributed by atoms with Crippen molar-refractivity contribution in [1.29, 1.82) is 0 Å². The molecule has 5 nitrogen and oxygen atoms in total. The summed E-state index contributed by atoms with van der Waals surface area (Å²) in [5, 5.41) is 6.88. The molecule has 3 atom stereocenters. The molecule has 0 aromatic heterocycles. The number of aryl methyl sites for hydroxylation is 1. The average Bonchev–Trinajstić information content (AvgIpc) is 2.87. The minimum atomic E-state index is -3.20. The van der Waals surface area contributed by atoms with Crippen LogP contribution in [0.25, 0.3) is 0 Å². The van der Waals surface area contributed by atoms with Gasteiger partial charge in [0, 0.05) is 36.6 Å².